The van der Waals surface area contributed by atoms with Crippen LogP contribution in [0.15, 0.2) is 47.6 Å². The van der Waals surface area contributed by atoms with Gasteiger partial charge in [-0.25, -0.2) is 4.39 Å². The Bertz CT molecular complexity index is 602. The number of oxime groups is 1. The van der Waals surface area contributed by atoms with E-state index in [4.69, 9.17) is 21.5 Å². The molecule has 0 atom stereocenters. The third-order valence-electron chi connectivity index (χ3n) is 2.51. The first-order valence-corrected chi connectivity index (χ1v) is 5.91. The van der Waals surface area contributed by atoms with Gasteiger partial charge in [0.1, 0.15) is 18.2 Å². The second kappa shape index (κ2) is 6.20. The fourth-order valence-corrected chi connectivity index (χ4v) is 1.77. The molecule has 0 bridgehead atoms. The van der Waals surface area contributed by atoms with Gasteiger partial charge in [-0.2, -0.15) is 0 Å². The van der Waals surface area contributed by atoms with E-state index in [0.29, 0.717) is 21.9 Å². The lowest BCUT2D eigenvalue weighted by Gasteiger charge is -2.09. The summed E-state index contributed by atoms with van der Waals surface area (Å²) in [6, 6.07) is 11.2. The molecule has 0 saturated heterocycles. The molecule has 2 rings (SSSR count). The van der Waals surface area contributed by atoms with Crippen molar-refractivity contribution < 1.29 is 14.3 Å². The van der Waals surface area contributed by atoms with Crippen LogP contribution in [0.2, 0.25) is 5.02 Å². The molecule has 0 unspecified atom stereocenters. The topological polar surface area (TPSA) is 41.8 Å². The van der Waals surface area contributed by atoms with Gasteiger partial charge < -0.3 is 9.94 Å². The Kier molecular flexibility index (Phi) is 4.36. The first kappa shape index (κ1) is 13.4. The van der Waals surface area contributed by atoms with Crippen molar-refractivity contribution in [3.05, 3.63) is 64.4 Å². The zero-order valence-corrected chi connectivity index (χ0v) is 10.6. The molecule has 0 aliphatic carbocycles. The quantitative estimate of drug-likeness (QED) is 0.524. The predicted molar refractivity (Wildman–Crippen MR) is 71.6 cm³/mol. The third-order valence-corrected chi connectivity index (χ3v) is 2.74. The van der Waals surface area contributed by atoms with Gasteiger partial charge in [-0.05, 0) is 24.3 Å². The second-order valence-corrected chi connectivity index (χ2v) is 4.24. The van der Waals surface area contributed by atoms with Gasteiger partial charge in [0.05, 0.1) is 6.21 Å². The minimum absolute atomic E-state index is 0.0839. The summed E-state index contributed by atoms with van der Waals surface area (Å²) < 4.78 is 18.9. The maximum atomic E-state index is 13.4. The molecule has 0 aliphatic heterocycles. The van der Waals surface area contributed by atoms with Crippen LogP contribution in [-0.2, 0) is 6.61 Å². The Labute approximate surface area is 114 Å². The van der Waals surface area contributed by atoms with E-state index >= 15 is 0 Å². The highest BCUT2D eigenvalue weighted by Gasteiger charge is 2.06. The number of nitrogens with zero attached hydrogens (tertiary/aromatic N) is 1. The normalized spacial score (nSPS) is 10.8. The van der Waals surface area contributed by atoms with E-state index in [0.717, 1.165) is 0 Å². The van der Waals surface area contributed by atoms with Crippen LogP contribution >= 0.6 is 11.6 Å². The molecule has 3 nitrogen and oxygen atoms in total. The number of hydrogen-bond acceptors (Lipinski definition) is 3. The van der Waals surface area contributed by atoms with Crippen molar-refractivity contribution >= 4 is 17.8 Å². The highest BCUT2D eigenvalue weighted by atomic mass is 35.5. The van der Waals surface area contributed by atoms with Crippen molar-refractivity contribution in [3.63, 3.8) is 0 Å². The molecule has 1 N–H and O–H groups in total. The highest BCUT2D eigenvalue weighted by molar-refractivity contribution is 6.30. The molecule has 0 aromatic heterocycles. The van der Waals surface area contributed by atoms with Crippen molar-refractivity contribution in [1.29, 1.82) is 0 Å². The molecule has 2 aromatic rings. The number of ether oxygens (including phenoxy) is 1. The Hall–Kier alpha value is -2.07. The van der Waals surface area contributed by atoms with Gasteiger partial charge in [-0.3, -0.25) is 0 Å². The number of halogens is 2. The third kappa shape index (κ3) is 3.45. The van der Waals surface area contributed by atoms with Gasteiger partial charge in [0.15, 0.2) is 0 Å². The Morgan fingerprint density at radius 2 is 2.05 bits per heavy atom. The van der Waals surface area contributed by atoms with E-state index in [2.05, 4.69) is 5.16 Å². The lowest BCUT2D eigenvalue weighted by Crippen LogP contribution is -2.00. The molecule has 5 heteroatoms. The number of rotatable bonds is 4. The van der Waals surface area contributed by atoms with Gasteiger partial charge in [-0.1, -0.05) is 35.0 Å². The van der Waals surface area contributed by atoms with Gasteiger partial charge in [0.25, 0.3) is 0 Å². The average Bonchev–Trinajstić information content (AvgIpc) is 2.40. The molecule has 0 aliphatic rings. The second-order valence-electron chi connectivity index (χ2n) is 3.81. The van der Waals surface area contributed by atoms with Crippen LogP contribution < -0.4 is 4.74 Å². The SMILES string of the molecule is O/N=C\c1cc(Cl)ccc1OCc1ccccc1F. The minimum Gasteiger partial charge on any atom is -0.488 e. The molecule has 0 fully saturated rings. The standard InChI is InChI=1S/C14H11ClFNO2/c15-12-5-6-14(11(7-12)8-17-18)19-9-10-3-1-2-4-13(10)16/h1-8,18H,9H2/b17-8-. The Morgan fingerprint density at radius 3 is 2.79 bits per heavy atom. The predicted octanol–water partition coefficient (Wildman–Crippen LogP) is 3.87. The summed E-state index contributed by atoms with van der Waals surface area (Å²) in [5.41, 5.74) is 0.968. The monoisotopic (exact) mass is 279 g/mol. The van der Waals surface area contributed by atoms with Crippen LogP contribution in [0.5, 0.6) is 5.75 Å². The van der Waals surface area contributed by atoms with Gasteiger partial charge in [0, 0.05) is 16.1 Å². The lowest BCUT2D eigenvalue weighted by molar-refractivity contribution is 0.298. The Balaban J connectivity index is 2.18. The molecular formula is C14H11ClFNO2. The average molecular weight is 280 g/mol. The minimum atomic E-state index is -0.325. The summed E-state index contributed by atoms with van der Waals surface area (Å²) in [5.74, 6) is 0.138. The van der Waals surface area contributed by atoms with E-state index in [9.17, 15) is 4.39 Å². The molecular weight excluding hydrogens is 269 g/mol. The van der Waals surface area contributed by atoms with Gasteiger partial charge in [0.2, 0.25) is 0 Å². The van der Waals surface area contributed by atoms with Crippen LogP contribution in [0, 0.1) is 5.82 Å². The first-order valence-electron chi connectivity index (χ1n) is 5.54. The van der Waals surface area contributed by atoms with Crippen LogP contribution in [0.4, 0.5) is 4.39 Å². The van der Waals surface area contributed by atoms with Crippen molar-refractivity contribution in [2.45, 2.75) is 6.61 Å². The summed E-state index contributed by atoms with van der Waals surface area (Å²) in [4.78, 5) is 0. The molecule has 0 heterocycles. The zero-order chi connectivity index (χ0) is 13.7. The summed E-state index contributed by atoms with van der Waals surface area (Å²) >= 11 is 5.84. The van der Waals surface area contributed by atoms with Crippen molar-refractivity contribution in [3.8, 4) is 5.75 Å². The molecule has 19 heavy (non-hydrogen) atoms. The summed E-state index contributed by atoms with van der Waals surface area (Å²) in [6.07, 6.45) is 1.21. The van der Waals surface area contributed by atoms with Crippen LogP contribution in [0.25, 0.3) is 0 Å². The molecule has 0 radical (unpaired) electrons. The molecule has 0 saturated carbocycles. The zero-order valence-electron chi connectivity index (χ0n) is 9.88. The van der Waals surface area contributed by atoms with Gasteiger partial charge in [-0.15, -0.1) is 0 Å². The van der Waals surface area contributed by atoms with E-state index < -0.39 is 0 Å². The summed E-state index contributed by atoms with van der Waals surface area (Å²) in [6.45, 7) is 0.0839. The highest BCUT2D eigenvalue weighted by Crippen LogP contribution is 2.22. The maximum Gasteiger partial charge on any atom is 0.129 e. The van der Waals surface area contributed by atoms with Crippen molar-refractivity contribution in [2.75, 3.05) is 0 Å². The van der Waals surface area contributed by atoms with Gasteiger partial charge >= 0.3 is 0 Å². The Morgan fingerprint density at radius 1 is 1.26 bits per heavy atom. The van der Waals surface area contributed by atoms with Crippen LogP contribution in [0.3, 0.4) is 0 Å². The van der Waals surface area contributed by atoms with Crippen LogP contribution in [-0.4, -0.2) is 11.4 Å². The summed E-state index contributed by atoms with van der Waals surface area (Å²) in [7, 11) is 0. The van der Waals surface area contributed by atoms with Crippen molar-refractivity contribution in [2.24, 2.45) is 5.16 Å². The molecule has 0 spiro atoms. The first-order chi connectivity index (χ1) is 9.20. The fraction of sp³-hybridized carbons (Fsp3) is 0.0714. The molecule has 2 aromatic carbocycles. The fourth-order valence-electron chi connectivity index (χ4n) is 1.58. The number of hydrogen-bond donors (Lipinski definition) is 1. The molecule has 98 valence electrons. The molecule has 0 amide bonds. The van der Waals surface area contributed by atoms with E-state index in [1.165, 1.54) is 12.3 Å². The summed E-state index contributed by atoms with van der Waals surface area (Å²) in [5, 5.41) is 12.0. The van der Waals surface area contributed by atoms with E-state index in [-0.39, 0.29) is 12.4 Å². The van der Waals surface area contributed by atoms with E-state index in [1.807, 2.05) is 0 Å². The smallest absolute Gasteiger partial charge is 0.129 e. The number of benzene rings is 2. The largest absolute Gasteiger partial charge is 0.488 e. The van der Waals surface area contributed by atoms with E-state index in [1.54, 1.807) is 36.4 Å². The lowest BCUT2D eigenvalue weighted by atomic mass is 10.2. The van der Waals surface area contributed by atoms with Crippen LogP contribution in [0.1, 0.15) is 11.1 Å². The maximum absolute atomic E-state index is 13.4. The van der Waals surface area contributed by atoms with Crippen molar-refractivity contribution in [1.82, 2.24) is 0 Å².